The Bertz CT molecular complexity index is 2920. The average molecular weight is 690 g/mol. The molecular formula is C52H35NO. The number of rotatable bonds is 7. The molecule has 0 spiro atoms. The number of hydrogen-bond donors (Lipinski definition) is 0. The molecule has 0 aliphatic heterocycles. The molecule has 0 aliphatic rings. The summed E-state index contributed by atoms with van der Waals surface area (Å²) in [5.41, 5.74) is 14.5. The molecule has 0 saturated heterocycles. The number of furan rings is 1. The Morgan fingerprint density at radius 2 is 0.833 bits per heavy atom. The van der Waals surface area contributed by atoms with Crippen molar-refractivity contribution in [1.29, 1.82) is 0 Å². The lowest BCUT2D eigenvalue weighted by Gasteiger charge is -2.26. The highest BCUT2D eigenvalue weighted by Gasteiger charge is 2.16. The van der Waals surface area contributed by atoms with Gasteiger partial charge >= 0.3 is 0 Å². The second-order valence-electron chi connectivity index (χ2n) is 13.7. The maximum atomic E-state index is 6.40. The zero-order chi connectivity index (χ0) is 35.8. The number of hydrogen-bond acceptors (Lipinski definition) is 2. The Balaban J connectivity index is 1.04. The van der Waals surface area contributed by atoms with Crippen LogP contribution in [0.2, 0.25) is 0 Å². The topological polar surface area (TPSA) is 16.4 Å². The fourth-order valence-corrected chi connectivity index (χ4v) is 7.81. The molecule has 0 N–H and O–H groups in total. The van der Waals surface area contributed by atoms with E-state index in [9.17, 15) is 0 Å². The third-order valence-corrected chi connectivity index (χ3v) is 10.5. The van der Waals surface area contributed by atoms with Crippen molar-refractivity contribution in [3.8, 4) is 44.5 Å². The van der Waals surface area contributed by atoms with Crippen molar-refractivity contribution in [3.05, 3.63) is 212 Å². The van der Waals surface area contributed by atoms with E-state index in [0.29, 0.717) is 0 Å². The van der Waals surface area contributed by atoms with Gasteiger partial charge in [-0.2, -0.15) is 0 Å². The summed E-state index contributed by atoms with van der Waals surface area (Å²) in [6, 6.07) is 75.8. The highest BCUT2D eigenvalue weighted by atomic mass is 16.3. The molecule has 0 unspecified atom stereocenters. The lowest BCUT2D eigenvalue weighted by atomic mass is 9.95. The van der Waals surface area contributed by atoms with Crippen molar-refractivity contribution >= 4 is 49.8 Å². The number of benzene rings is 9. The predicted molar refractivity (Wildman–Crippen MR) is 228 cm³/mol. The third-order valence-electron chi connectivity index (χ3n) is 10.5. The lowest BCUT2D eigenvalue weighted by Crippen LogP contribution is -2.10. The molecule has 2 nitrogen and oxygen atoms in total. The molecule has 1 heterocycles. The first kappa shape index (κ1) is 31.6. The van der Waals surface area contributed by atoms with E-state index in [-0.39, 0.29) is 0 Å². The van der Waals surface area contributed by atoms with Crippen molar-refractivity contribution in [2.45, 2.75) is 0 Å². The minimum Gasteiger partial charge on any atom is -0.455 e. The molecule has 1 aromatic heterocycles. The van der Waals surface area contributed by atoms with Crippen LogP contribution in [0.15, 0.2) is 217 Å². The van der Waals surface area contributed by atoms with Gasteiger partial charge in [0.1, 0.15) is 11.2 Å². The highest BCUT2D eigenvalue weighted by Crippen LogP contribution is 2.41. The third kappa shape index (κ3) is 5.71. The van der Waals surface area contributed by atoms with E-state index in [1.165, 1.54) is 44.2 Å². The number of para-hydroxylation sites is 2. The molecular weight excluding hydrogens is 655 g/mol. The van der Waals surface area contributed by atoms with Gasteiger partial charge < -0.3 is 9.32 Å². The van der Waals surface area contributed by atoms with Crippen LogP contribution in [0.3, 0.4) is 0 Å². The molecule has 0 atom stereocenters. The van der Waals surface area contributed by atoms with Gasteiger partial charge in [-0.1, -0.05) is 164 Å². The molecule has 2 heteroatoms. The fourth-order valence-electron chi connectivity index (χ4n) is 7.81. The number of anilines is 3. The zero-order valence-corrected chi connectivity index (χ0v) is 29.6. The van der Waals surface area contributed by atoms with E-state index in [4.69, 9.17) is 4.42 Å². The number of fused-ring (bicyclic) bond motifs is 4. The maximum Gasteiger partial charge on any atom is 0.143 e. The van der Waals surface area contributed by atoms with Crippen molar-refractivity contribution < 1.29 is 4.42 Å². The van der Waals surface area contributed by atoms with E-state index in [1.807, 2.05) is 12.1 Å². The van der Waals surface area contributed by atoms with Gasteiger partial charge in [-0.3, -0.25) is 0 Å². The van der Waals surface area contributed by atoms with Crippen LogP contribution < -0.4 is 4.90 Å². The minimum absolute atomic E-state index is 0.907. The van der Waals surface area contributed by atoms with Crippen LogP contribution in [0.4, 0.5) is 17.1 Å². The summed E-state index contributed by atoms with van der Waals surface area (Å²) in [6.07, 6.45) is 0. The maximum absolute atomic E-state index is 6.40. The molecule has 0 amide bonds. The molecule has 254 valence electrons. The van der Waals surface area contributed by atoms with Gasteiger partial charge in [-0.05, 0) is 98.2 Å². The molecule has 0 aliphatic carbocycles. The Kier molecular flexibility index (Phi) is 7.85. The van der Waals surface area contributed by atoms with E-state index in [2.05, 4.69) is 205 Å². The van der Waals surface area contributed by atoms with Crippen molar-refractivity contribution in [3.63, 3.8) is 0 Å². The first-order chi connectivity index (χ1) is 26.8. The normalized spacial score (nSPS) is 11.3. The second-order valence-corrected chi connectivity index (χ2v) is 13.7. The molecule has 0 saturated carbocycles. The molecule has 10 rings (SSSR count). The summed E-state index contributed by atoms with van der Waals surface area (Å²) in [5, 5.41) is 4.79. The lowest BCUT2D eigenvalue weighted by molar-refractivity contribution is 0.670. The van der Waals surface area contributed by atoms with Crippen LogP contribution >= 0.6 is 0 Å². The van der Waals surface area contributed by atoms with E-state index in [0.717, 1.165) is 50.1 Å². The van der Waals surface area contributed by atoms with Crippen LogP contribution in [0.5, 0.6) is 0 Å². The standard InChI is InChI=1S/C52H35NO/c1-2-12-36(13-3-1)41-17-9-19-45(35-41)53(44-32-28-39(29-33-44)48-23-11-24-50-49-21-6-7-25-51(49)54-52(48)50)43-30-26-37(27-31-43)40-16-8-18-42(34-40)47-22-10-15-38-14-4-5-20-46(38)47/h1-35H. The Labute approximate surface area is 314 Å². The smallest absolute Gasteiger partial charge is 0.143 e. The molecule has 0 bridgehead atoms. The summed E-state index contributed by atoms with van der Waals surface area (Å²) in [5.74, 6) is 0. The summed E-state index contributed by atoms with van der Waals surface area (Å²) < 4.78 is 6.40. The SMILES string of the molecule is c1ccc(-c2cccc(N(c3ccc(-c4cccc(-c5cccc6ccccc56)c4)cc3)c3ccc(-c4cccc5c4oc4ccccc45)cc3)c2)cc1. The molecule has 9 aromatic carbocycles. The molecule has 10 aromatic rings. The Morgan fingerprint density at radius 3 is 1.65 bits per heavy atom. The summed E-state index contributed by atoms with van der Waals surface area (Å²) in [7, 11) is 0. The van der Waals surface area contributed by atoms with E-state index < -0.39 is 0 Å². The van der Waals surface area contributed by atoms with Gasteiger partial charge in [0.25, 0.3) is 0 Å². The van der Waals surface area contributed by atoms with Gasteiger partial charge in [0.15, 0.2) is 0 Å². The Hall–Kier alpha value is -7.16. The van der Waals surface area contributed by atoms with Gasteiger partial charge in [0, 0.05) is 33.4 Å². The van der Waals surface area contributed by atoms with E-state index in [1.54, 1.807) is 0 Å². The highest BCUT2D eigenvalue weighted by molar-refractivity contribution is 6.09. The second kappa shape index (κ2) is 13.4. The van der Waals surface area contributed by atoms with Crippen LogP contribution in [-0.4, -0.2) is 0 Å². The van der Waals surface area contributed by atoms with Gasteiger partial charge in [0.05, 0.1) is 0 Å². The van der Waals surface area contributed by atoms with Crippen LogP contribution in [0, 0.1) is 0 Å². The quantitative estimate of drug-likeness (QED) is 0.166. The molecule has 0 radical (unpaired) electrons. The van der Waals surface area contributed by atoms with Gasteiger partial charge in [-0.15, -0.1) is 0 Å². The predicted octanol–water partition coefficient (Wildman–Crippen LogP) is 14.9. The minimum atomic E-state index is 0.907. The van der Waals surface area contributed by atoms with Crippen LogP contribution in [-0.2, 0) is 0 Å². The van der Waals surface area contributed by atoms with Crippen LogP contribution in [0.25, 0.3) is 77.2 Å². The number of nitrogens with zero attached hydrogens (tertiary/aromatic N) is 1. The summed E-state index contributed by atoms with van der Waals surface area (Å²) in [4.78, 5) is 2.34. The Morgan fingerprint density at radius 1 is 0.296 bits per heavy atom. The van der Waals surface area contributed by atoms with E-state index >= 15 is 0 Å². The first-order valence-corrected chi connectivity index (χ1v) is 18.4. The first-order valence-electron chi connectivity index (χ1n) is 18.4. The average Bonchev–Trinajstić information content (AvgIpc) is 3.64. The molecule has 0 fully saturated rings. The zero-order valence-electron chi connectivity index (χ0n) is 29.6. The summed E-state index contributed by atoms with van der Waals surface area (Å²) in [6.45, 7) is 0. The van der Waals surface area contributed by atoms with Crippen molar-refractivity contribution in [1.82, 2.24) is 0 Å². The monoisotopic (exact) mass is 689 g/mol. The fraction of sp³-hybridized carbons (Fsp3) is 0. The van der Waals surface area contributed by atoms with Crippen molar-refractivity contribution in [2.24, 2.45) is 0 Å². The van der Waals surface area contributed by atoms with Gasteiger partial charge in [0.2, 0.25) is 0 Å². The molecule has 54 heavy (non-hydrogen) atoms. The van der Waals surface area contributed by atoms with Gasteiger partial charge in [-0.25, -0.2) is 0 Å². The van der Waals surface area contributed by atoms with Crippen LogP contribution in [0.1, 0.15) is 0 Å². The summed E-state index contributed by atoms with van der Waals surface area (Å²) >= 11 is 0. The van der Waals surface area contributed by atoms with Crippen molar-refractivity contribution in [2.75, 3.05) is 4.90 Å². The largest absolute Gasteiger partial charge is 0.455 e.